The molecule has 0 fully saturated rings. The van der Waals surface area contributed by atoms with Gasteiger partial charge in [0.2, 0.25) is 11.5 Å². The van der Waals surface area contributed by atoms with E-state index in [1.54, 1.807) is 0 Å². The highest BCUT2D eigenvalue weighted by Crippen LogP contribution is 2.45. The Morgan fingerprint density at radius 1 is 1.00 bits per heavy atom. The number of hydrogen-bond acceptors (Lipinski definition) is 8. The lowest BCUT2D eigenvalue weighted by molar-refractivity contribution is 0.0209. The summed E-state index contributed by atoms with van der Waals surface area (Å²) in [5, 5.41) is 39.8. The Morgan fingerprint density at radius 3 is 2.36 bits per heavy atom. The van der Waals surface area contributed by atoms with Gasteiger partial charge in [-0.2, -0.15) is 0 Å². The van der Waals surface area contributed by atoms with Crippen LogP contribution < -0.4 is 14.2 Å². The Hall–Kier alpha value is -3.13. The Balaban J connectivity index is 2.10. The van der Waals surface area contributed by atoms with Crippen molar-refractivity contribution in [2.24, 2.45) is 0 Å². The van der Waals surface area contributed by atoms with E-state index in [9.17, 15) is 25.2 Å². The SMILES string of the molecule is COc1cc(C2Oc3cc(O)cc(O)c3C(=O)[C@@H]2O)cc(O)c1OC. The number of aliphatic hydroxyl groups excluding tert-OH is 1. The quantitative estimate of drug-likeness (QED) is 0.657. The minimum Gasteiger partial charge on any atom is -0.508 e. The number of carbonyl (C=O) groups is 1. The van der Waals surface area contributed by atoms with Crippen LogP contribution in [0.15, 0.2) is 24.3 Å². The molecule has 2 aromatic rings. The van der Waals surface area contributed by atoms with Crippen molar-refractivity contribution in [3.8, 4) is 34.5 Å². The molecule has 0 aromatic heterocycles. The van der Waals surface area contributed by atoms with E-state index in [4.69, 9.17) is 14.2 Å². The van der Waals surface area contributed by atoms with Crippen molar-refractivity contribution in [1.82, 2.24) is 0 Å². The van der Waals surface area contributed by atoms with Gasteiger partial charge < -0.3 is 34.6 Å². The highest BCUT2D eigenvalue weighted by atomic mass is 16.5. The number of methoxy groups -OCH3 is 2. The molecule has 0 bridgehead atoms. The van der Waals surface area contributed by atoms with Crippen molar-refractivity contribution in [1.29, 1.82) is 0 Å². The molecule has 3 rings (SSSR count). The van der Waals surface area contributed by atoms with Crippen molar-refractivity contribution in [2.75, 3.05) is 14.2 Å². The van der Waals surface area contributed by atoms with E-state index in [1.165, 1.54) is 26.4 Å². The number of phenols is 3. The van der Waals surface area contributed by atoms with Gasteiger partial charge in [0.25, 0.3) is 0 Å². The molecule has 4 N–H and O–H groups in total. The second kappa shape index (κ2) is 6.06. The lowest BCUT2D eigenvalue weighted by Crippen LogP contribution is -2.36. The normalized spacial score (nSPS) is 19.1. The fraction of sp³-hybridized carbons (Fsp3) is 0.235. The van der Waals surface area contributed by atoms with Crippen LogP contribution in [0.3, 0.4) is 0 Å². The van der Waals surface area contributed by atoms with Crippen molar-refractivity contribution < 1.29 is 39.4 Å². The van der Waals surface area contributed by atoms with Crippen LogP contribution in [0.4, 0.5) is 0 Å². The third-order valence-corrected chi connectivity index (χ3v) is 3.93. The maximum absolute atomic E-state index is 12.4. The first-order valence-electron chi connectivity index (χ1n) is 7.27. The van der Waals surface area contributed by atoms with Gasteiger partial charge in [0.05, 0.1) is 14.2 Å². The molecule has 8 heteroatoms. The molecule has 1 aliphatic heterocycles. The molecule has 0 saturated carbocycles. The smallest absolute Gasteiger partial charge is 0.203 e. The summed E-state index contributed by atoms with van der Waals surface area (Å²) < 4.78 is 15.8. The van der Waals surface area contributed by atoms with Gasteiger partial charge in [-0.25, -0.2) is 0 Å². The number of ketones is 1. The minimum absolute atomic E-state index is 0.0768. The maximum atomic E-state index is 12.4. The average molecular weight is 348 g/mol. The van der Waals surface area contributed by atoms with E-state index >= 15 is 0 Å². The third kappa shape index (κ3) is 2.66. The number of carbonyl (C=O) groups excluding carboxylic acids is 1. The van der Waals surface area contributed by atoms with E-state index in [0.717, 1.165) is 12.1 Å². The van der Waals surface area contributed by atoms with E-state index < -0.39 is 23.7 Å². The van der Waals surface area contributed by atoms with Crippen molar-refractivity contribution >= 4 is 5.78 Å². The molecular weight excluding hydrogens is 332 g/mol. The first kappa shape index (κ1) is 16.7. The standard InChI is InChI=1S/C17H16O8/c1-23-12-4-7(3-10(20)17(12)24-2)16-15(22)14(21)13-9(19)5-8(18)6-11(13)25-16/h3-6,15-16,18-20,22H,1-2H3/t15-,16?/m0/s1. The fourth-order valence-electron chi connectivity index (χ4n) is 2.79. The Labute approximate surface area is 142 Å². The summed E-state index contributed by atoms with van der Waals surface area (Å²) in [6.45, 7) is 0. The van der Waals surface area contributed by atoms with E-state index in [-0.39, 0.29) is 39.9 Å². The number of hydrogen-bond donors (Lipinski definition) is 4. The second-order valence-electron chi connectivity index (χ2n) is 5.46. The zero-order chi connectivity index (χ0) is 18.3. The summed E-state index contributed by atoms with van der Waals surface area (Å²) >= 11 is 0. The zero-order valence-corrected chi connectivity index (χ0v) is 13.4. The highest BCUT2D eigenvalue weighted by molar-refractivity contribution is 6.05. The summed E-state index contributed by atoms with van der Waals surface area (Å²) in [5.41, 5.74) is 0.0377. The number of Topliss-reactive ketones (excluding diaryl/α,β-unsaturated/α-hetero) is 1. The predicted octanol–water partition coefficient (Wildman–Crippen LogP) is 1.50. The predicted molar refractivity (Wildman–Crippen MR) is 84.7 cm³/mol. The molecule has 2 atom stereocenters. The van der Waals surface area contributed by atoms with Crippen LogP contribution in [0.2, 0.25) is 0 Å². The van der Waals surface area contributed by atoms with Gasteiger partial charge in [-0.3, -0.25) is 4.79 Å². The summed E-state index contributed by atoms with van der Waals surface area (Å²) in [5.74, 6) is -1.61. The van der Waals surface area contributed by atoms with Gasteiger partial charge in [-0.15, -0.1) is 0 Å². The molecule has 0 saturated heterocycles. The fourth-order valence-corrected chi connectivity index (χ4v) is 2.79. The number of aliphatic hydroxyl groups is 1. The van der Waals surface area contributed by atoms with Crippen LogP contribution in [-0.4, -0.2) is 46.5 Å². The van der Waals surface area contributed by atoms with Crippen LogP contribution in [0.5, 0.6) is 34.5 Å². The summed E-state index contributed by atoms with van der Waals surface area (Å²) in [6, 6.07) is 4.87. The Kier molecular flexibility index (Phi) is 4.05. The molecule has 2 aromatic carbocycles. The molecule has 1 unspecified atom stereocenters. The van der Waals surface area contributed by atoms with E-state index in [1.807, 2.05) is 0 Å². The van der Waals surface area contributed by atoms with E-state index in [2.05, 4.69) is 0 Å². The second-order valence-corrected chi connectivity index (χ2v) is 5.46. The van der Waals surface area contributed by atoms with Crippen molar-refractivity contribution in [3.63, 3.8) is 0 Å². The maximum Gasteiger partial charge on any atom is 0.203 e. The summed E-state index contributed by atoms with van der Waals surface area (Å²) in [6.07, 6.45) is -2.80. The topological polar surface area (TPSA) is 126 Å². The lowest BCUT2D eigenvalue weighted by atomic mass is 9.92. The number of ether oxygens (including phenoxy) is 3. The molecule has 8 nitrogen and oxygen atoms in total. The molecule has 0 spiro atoms. The van der Waals surface area contributed by atoms with Crippen molar-refractivity contribution in [2.45, 2.75) is 12.2 Å². The summed E-state index contributed by atoms with van der Waals surface area (Å²) in [7, 11) is 2.73. The first-order valence-corrected chi connectivity index (χ1v) is 7.27. The molecule has 0 amide bonds. The van der Waals surface area contributed by atoms with Gasteiger partial charge >= 0.3 is 0 Å². The number of benzene rings is 2. The molecule has 1 aliphatic rings. The zero-order valence-electron chi connectivity index (χ0n) is 13.4. The first-order chi connectivity index (χ1) is 11.9. The average Bonchev–Trinajstić information content (AvgIpc) is 2.56. The lowest BCUT2D eigenvalue weighted by Gasteiger charge is -2.30. The Morgan fingerprint density at radius 2 is 1.72 bits per heavy atom. The molecular formula is C17H16O8. The molecule has 25 heavy (non-hydrogen) atoms. The monoisotopic (exact) mass is 348 g/mol. The van der Waals surface area contributed by atoms with Gasteiger partial charge in [0, 0.05) is 17.7 Å². The molecule has 0 radical (unpaired) electrons. The molecule has 0 aliphatic carbocycles. The van der Waals surface area contributed by atoms with Gasteiger partial charge in [-0.1, -0.05) is 0 Å². The minimum atomic E-state index is -1.62. The van der Waals surface area contributed by atoms with Gasteiger partial charge in [0.1, 0.15) is 22.8 Å². The van der Waals surface area contributed by atoms with Crippen LogP contribution in [0, 0.1) is 0 Å². The van der Waals surface area contributed by atoms with Crippen LogP contribution in [-0.2, 0) is 0 Å². The van der Waals surface area contributed by atoms with Crippen LogP contribution >= 0.6 is 0 Å². The number of rotatable bonds is 3. The Bertz CT molecular complexity index is 845. The summed E-state index contributed by atoms with van der Waals surface area (Å²) in [4.78, 5) is 12.4. The number of aromatic hydroxyl groups is 3. The highest BCUT2D eigenvalue weighted by Gasteiger charge is 2.39. The van der Waals surface area contributed by atoms with Crippen LogP contribution in [0.1, 0.15) is 22.0 Å². The third-order valence-electron chi connectivity index (χ3n) is 3.93. The van der Waals surface area contributed by atoms with Crippen LogP contribution in [0.25, 0.3) is 0 Å². The largest absolute Gasteiger partial charge is 0.508 e. The van der Waals surface area contributed by atoms with Gasteiger partial charge in [-0.05, 0) is 12.1 Å². The number of fused-ring (bicyclic) bond motifs is 1. The number of phenolic OH excluding ortho intramolecular Hbond substituents is 3. The molecule has 1 heterocycles. The molecule has 132 valence electrons. The van der Waals surface area contributed by atoms with E-state index in [0.29, 0.717) is 0 Å². The van der Waals surface area contributed by atoms with Crippen molar-refractivity contribution in [3.05, 3.63) is 35.4 Å². The van der Waals surface area contributed by atoms with Gasteiger partial charge in [0.15, 0.2) is 23.7 Å².